The third-order valence-electron chi connectivity index (χ3n) is 4.95. The number of fused-ring (bicyclic) bond motifs is 1. The predicted octanol–water partition coefficient (Wildman–Crippen LogP) is 3.64. The largest absolute Gasteiger partial charge is 0.460 e. The number of aryl methyl sites for hydroxylation is 1. The molecule has 3 rings (SSSR count). The van der Waals surface area contributed by atoms with Crippen molar-refractivity contribution in [2.75, 3.05) is 0 Å². The molecule has 0 spiro atoms. The monoisotopic (exact) mass is 443 g/mol. The highest BCUT2D eigenvalue weighted by Gasteiger charge is 2.23. The molecular weight excluding hydrogens is 418 g/mol. The molecule has 0 fully saturated rings. The maximum Gasteiger partial charge on any atom is 0.336 e. The van der Waals surface area contributed by atoms with Gasteiger partial charge >= 0.3 is 11.6 Å². The van der Waals surface area contributed by atoms with E-state index in [1.165, 1.54) is 25.1 Å². The van der Waals surface area contributed by atoms with Crippen LogP contribution in [0.15, 0.2) is 62.6 Å². The maximum absolute atomic E-state index is 12.4. The standard InChI is InChI=1S/C23H25NO6S/c1-14(2)19-12-20-17(11-22(25)30-21(20)10-15(19)3)13-29-23(26)16(4)24-31(27,28)18-8-6-5-7-9-18/h5-12,14,16,24H,13H2,1-4H3. The number of rotatable bonds is 7. The highest BCUT2D eigenvalue weighted by Crippen LogP contribution is 2.27. The SMILES string of the molecule is Cc1cc2oc(=O)cc(COC(=O)C(C)NS(=O)(=O)c3ccccc3)c2cc1C(C)C. The minimum absolute atomic E-state index is 0.0536. The predicted molar refractivity (Wildman–Crippen MR) is 117 cm³/mol. The van der Waals surface area contributed by atoms with E-state index in [9.17, 15) is 18.0 Å². The Morgan fingerprint density at radius 3 is 2.42 bits per heavy atom. The van der Waals surface area contributed by atoms with Crippen molar-refractivity contribution < 1.29 is 22.4 Å². The number of carbonyl (C=O) groups is 1. The molecule has 7 nitrogen and oxygen atoms in total. The molecule has 2 aromatic carbocycles. The molecule has 0 aliphatic rings. The number of esters is 1. The number of nitrogens with one attached hydrogen (secondary N) is 1. The average molecular weight is 444 g/mol. The number of sulfonamides is 1. The zero-order valence-electron chi connectivity index (χ0n) is 17.8. The van der Waals surface area contributed by atoms with E-state index in [1.54, 1.807) is 24.3 Å². The second-order valence-electron chi connectivity index (χ2n) is 7.71. The number of ether oxygens (including phenoxy) is 1. The molecule has 0 aliphatic heterocycles. The van der Waals surface area contributed by atoms with Crippen LogP contribution < -0.4 is 10.3 Å². The topological polar surface area (TPSA) is 103 Å². The Bertz CT molecular complexity index is 1260. The van der Waals surface area contributed by atoms with Crippen molar-refractivity contribution in [3.8, 4) is 0 Å². The lowest BCUT2D eigenvalue weighted by atomic mass is 9.95. The van der Waals surface area contributed by atoms with Crippen LogP contribution in [0.2, 0.25) is 0 Å². The van der Waals surface area contributed by atoms with Gasteiger partial charge in [0.25, 0.3) is 0 Å². The van der Waals surface area contributed by atoms with Crippen molar-refractivity contribution >= 4 is 27.0 Å². The first-order valence-electron chi connectivity index (χ1n) is 9.90. The summed E-state index contributed by atoms with van der Waals surface area (Å²) in [7, 11) is -3.86. The fourth-order valence-electron chi connectivity index (χ4n) is 3.36. The smallest absolute Gasteiger partial charge is 0.336 e. The fourth-order valence-corrected chi connectivity index (χ4v) is 4.57. The normalized spacial score (nSPS) is 12.8. The first-order chi connectivity index (χ1) is 14.6. The third kappa shape index (κ3) is 5.21. The van der Waals surface area contributed by atoms with Gasteiger partial charge in [0.2, 0.25) is 10.0 Å². The molecule has 31 heavy (non-hydrogen) atoms. The number of hydrogen-bond acceptors (Lipinski definition) is 6. The third-order valence-corrected chi connectivity index (χ3v) is 6.50. The summed E-state index contributed by atoms with van der Waals surface area (Å²) in [6.07, 6.45) is 0. The molecule has 164 valence electrons. The molecule has 0 saturated heterocycles. The van der Waals surface area contributed by atoms with Crippen LogP contribution in [0.1, 0.15) is 43.4 Å². The van der Waals surface area contributed by atoms with Gasteiger partial charge in [-0.05, 0) is 55.2 Å². The molecule has 1 aromatic heterocycles. The quantitative estimate of drug-likeness (QED) is 0.442. The summed E-state index contributed by atoms with van der Waals surface area (Å²) in [6, 6.07) is 11.7. The van der Waals surface area contributed by atoms with Crippen LogP contribution in [0.3, 0.4) is 0 Å². The van der Waals surface area contributed by atoms with Crippen molar-refractivity contribution in [3.05, 3.63) is 75.6 Å². The minimum Gasteiger partial charge on any atom is -0.460 e. The van der Waals surface area contributed by atoms with Crippen molar-refractivity contribution in [2.24, 2.45) is 0 Å². The van der Waals surface area contributed by atoms with Crippen molar-refractivity contribution in [1.29, 1.82) is 0 Å². The molecule has 0 amide bonds. The van der Waals surface area contributed by atoms with Gasteiger partial charge in [-0.2, -0.15) is 4.72 Å². The van der Waals surface area contributed by atoms with Crippen molar-refractivity contribution in [2.45, 2.75) is 51.2 Å². The van der Waals surface area contributed by atoms with Crippen LogP contribution in [-0.2, 0) is 26.2 Å². The summed E-state index contributed by atoms with van der Waals surface area (Å²) in [4.78, 5) is 24.4. The van der Waals surface area contributed by atoms with Gasteiger partial charge in [-0.3, -0.25) is 4.79 Å². The summed E-state index contributed by atoms with van der Waals surface area (Å²) >= 11 is 0. The van der Waals surface area contributed by atoms with Gasteiger partial charge in [-0.25, -0.2) is 13.2 Å². The Hall–Kier alpha value is -2.97. The Morgan fingerprint density at radius 1 is 1.10 bits per heavy atom. The second kappa shape index (κ2) is 9.03. The molecule has 0 saturated carbocycles. The van der Waals surface area contributed by atoms with E-state index >= 15 is 0 Å². The Kier molecular flexibility index (Phi) is 6.62. The van der Waals surface area contributed by atoms with Crippen LogP contribution in [0.5, 0.6) is 0 Å². The van der Waals surface area contributed by atoms with E-state index in [1.807, 2.05) is 13.0 Å². The van der Waals surface area contributed by atoms with E-state index in [0.717, 1.165) is 11.1 Å². The van der Waals surface area contributed by atoms with Crippen molar-refractivity contribution in [1.82, 2.24) is 4.72 Å². The fraction of sp³-hybridized carbons (Fsp3) is 0.304. The molecule has 0 bridgehead atoms. The molecule has 8 heteroatoms. The first kappa shape index (κ1) is 22.7. The highest BCUT2D eigenvalue weighted by molar-refractivity contribution is 7.89. The summed E-state index contributed by atoms with van der Waals surface area (Å²) in [6.45, 7) is 7.29. The van der Waals surface area contributed by atoms with Gasteiger partial charge in [0.05, 0.1) is 4.90 Å². The lowest BCUT2D eigenvalue weighted by molar-refractivity contribution is -0.146. The zero-order valence-corrected chi connectivity index (χ0v) is 18.7. The van der Waals surface area contributed by atoms with Crippen LogP contribution in [0.25, 0.3) is 11.0 Å². The molecule has 3 aromatic rings. The Balaban J connectivity index is 1.79. The molecule has 1 unspecified atom stereocenters. The number of carbonyl (C=O) groups excluding carboxylic acids is 1. The zero-order chi connectivity index (χ0) is 22.8. The summed E-state index contributed by atoms with van der Waals surface area (Å²) < 4.78 is 37.7. The summed E-state index contributed by atoms with van der Waals surface area (Å²) in [5.74, 6) is -0.490. The van der Waals surface area contributed by atoms with Gasteiger partial charge in [-0.15, -0.1) is 0 Å². The van der Waals surface area contributed by atoms with Gasteiger partial charge in [0, 0.05) is 17.0 Å². The van der Waals surface area contributed by atoms with Crippen LogP contribution in [0.4, 0.5) is 0 Å². The van der Waals surface area contributed by atoms with Crippen molar-refractivity contribution in [3.63, 3.8) is 0 Å². The molecule has 1 atom stereocenters. The lowest BCUT2D eigenvalue weighted by Gasteiger charge is -2.15. The van der Waals surface area contributed by atoms with Gasteiger partial charge < -0.3 is 9.15 Å². The van der Waals surface area contributed by atoms with E-state index < -0.39 is 27.7 Å². The Labute approximate surface area is 181 Å². The molecule has 1 heterocycles. The molecule has 0 aliphatic carbocycles. The molecule has 1 N–H and O–H groups in total. The van der Waals surface area contributed by atoms with Gasteiger partial charge in [0.1, 0.15) is 18.2 Å². The van der Waals surface area contributed by atoms with Gasteiger partial charge in [0.15, 0.2) is 0 Å². The highest BCUT2D eigenvalue weighted by atomic mass is 32.2. The van der Waals surface area contributed by atoms with Crippen LogP contribution >= 0.6 is 0 Å². The summed E-state index contributed by atoms with van der Waals surface area (Å²) in [5, 5.41) is 0.680. The van der Waals surface area contributed by atoms with Crippen LogP contribution in [-0.4, -0.2) is 20.4 Å². The molecule has 0 radical (unpaired) electrons. The minimum atomic E-state index is -3.86. The lowest BCUT2D eigenvalue weighted by Crippen LogP contribution is -2.39. The average Bonchev–Trinajstić information content (AvgIpc) is 2.71. The number of hydrogen-bond donors (Lipinski definition) is 1. The van der Waals surface area contributed by atoms with E-state index in [4.69, 9.17) is 9.15 Å². The maximum atomic E-state index is 12.4. The molecular formula is C23H25NO6S. The number of benzene rings is 2. The summed E-state index contributed by atoms with van der Waals surface area (Å²) in [5.41, 5.74) is 2.47. The van der Waals surface area contributed by atoms with E-state index in [-0.39, 0.29) is 17.4 Å². The van der Waals surface area contributed by atoms with Crippen LogP contribution in [0, 0.1) is 6.92 Å². The van der Waals surface area contributed by atoms with E-state index in [2.05, 4.69) is 18.6 Å². The Morgan fingerprint density at radius 2 is 1.77 bits per heavy atom. The van der Waals surface area contributed by atoms with Gasteiger partial charge in [-0.1, -0.05) is 32.0 Å². The second-order valence-corrected chi connectivity index (χ2v) is 9.43. The van der Waals surface area contributed by atoms with E-state index in [0.29, 0.717) is 16.5 Å². The first-order valence-corrected chi connectivity index (χ1v) is 11.4.